The lowest BCUT2D eigenvalue weighted by atomic mass is 9.89. The lowest BCUT2D eigenvalue weighted by molar-refractivity contribution is 0.00578. The van der Waals surface area contributed by atoms with E-state index < -0.39 is 29.3 Å². The third-order valence-electron chi connectivity index (χ3n) is 17.0. The molecule has 0 bridgehead atoms. The summed E-state index contributed by atoms with van der Waals surface area (Å²) in [5.41, 5.74) is 7.58. The van der Waals surface area contributed by atoms with Crippen LogP contribution in [0.1, 0.15) is 129 Å². The molecule has 8 aromatic rings. The van der Waals surface area contributed by atoms with Crippen molar-refractivity contribution in [1.29, 1.82) is 0 Å². The maximum absolute atomic E-state index is 13.3. The molecule has 3 amide bonds. The molecule has 0 saturated carbocycles. The average molecular weight is 1240 g/mol. The second-order valence-corrected chi connectivity index (χ2v) is 26.8. The zero-order valence-electron chi connectivity index (χ0n) is 53.2. The fourth-order valence-electron chi connectivity index (χ4n) is 11.7. The number of nitrogens with one attached hydrogen (secondary N) is 2. The molecule has 5 aliphatic heterocycles. The molecule has 9 heterocycles. The van der Waals surface area contributed by atoms with Crippen molar-refractivity contribution in [3.05, 3.63) is 159 Å². The minimum Gasteiger partial charge on any atom is -0.443 e. The Kier molecular flexibility index (Phi) is 18.6. The van der Waals surface area contributed by atoms with E-state index in [0.717, 1.165) is 127 Å². The summed E-state index contributed by atoms with van der Waals surface area (Å²) in [5.74, 6) is 1.46. The molecule has 4 aromatic carbocycles. The van der Waals surface area contributed by atoms with Gasteiger partial charge in [-0.2, -0.15) is 0 Å². The molecule has 3 fully saturated rings. The monoisotopic (exact) mass is 1240 g/mol. The Bertz CT molecular complexity index is 4080. The van der Waals surface area contributed by atoms with E-state index >= 15 is 0 Å². The number of H-pyrrole nitrogens is 1. The zero-order valence-corrected chi connectivity index (χ0v) is 53.9. The molecule has 470 valence electrons. The highest BCUT2D eigenvalue weighted by molar-refractivity contribution is 6.52. The molecule has 18 nitrogen and oxygen atoms in total. The number of pyridine rings is 2. The predicted molar refractivity (Wildman–Crippen MR) is 354 cm³/mol. The predicted octanol–water partition coefficient (Wildman–Crippen LogP) is 12.7. The summed E-state index contributed by atoms with van der Waals surface area (Å²) in [6.07, 6.45) is 10.6. The molecule has 0 atom stereocenters. The number of carbonyl (C=O) groups is 4. The van der Waals surface area contributed by atoms with Gasteiger partial charge in [-0.05, 0) is 128 Å². The number of amides is 3. The third kappa shape index (κ3) is 14.5. The van der Waals surface area contributed by atoms with Crippen molar-refractivity contribution in [3.63, 3.8) is 0 Å². The number of halogens is 1. The van der Waals surface area contributed by atoms with E-state index in [0.29, 0.717) is 28.5 Å². The summed E-state index contributed by atoms with van der Waals surface area (Å²) in [7, 11) is -0.290. The molecule has 0 spiro atoms. The average Bonchev–Trinajstić information content (AvgIpc) is 1.57. The number of nitrogens with zero attached hydrogens (tertiary/aromatic N) is 6. The Morgan fingerprint density at radius 3 is 1.90 bits per heavy atom. The van der Waals surface area contributed by atoms with E-state index in [1.165, 1.54) is 26.8 Å². The molecular weight excluding hydrogens is 1160 g/mol. The van der Waals surface area contributed by atoms with Gasteiger partial charge < -0.3 is 38.6 Å². The van der Waals surface area contributed by atoms with Crippen LogP contribution in [-0.4, -0.2) is 153 Å². The number of benzene rings is 4. The Labute approximate surface area is 530 Å². The first kappa shape index (κ1) is 63.8. The van der Waals surface area contributed by atoms with Crippen LogP contribution < -0.4 is 5.32 Å². The third-order valence-corrected chi connectivity index (χ3v) is 17.2. The van der Waals surface area contributed by atoms with E-state index in [1.807, 2.05) is 24.3 Å². The molecule has 20 heteroatoms. The van der Waals surface area contributed by atoms with Crippen LogP contribution in [-0.2, 0) is 54.2 Å². The highest BCUT2D eigenvalue weighted by Crippen LogP contribution is 2.40. The number of hydrogen-bond acceptors (Lipinski definition) is 14. The summed E-state index contributed by atoms with van der Waals surface area (Å²) in [6.45, 7) is 28.8. The van der Waals surface area contributed by atoms with Crippen molar-refractivity contribution in [2.75, 3.05) is 65.7 Å². The molecule has 0 unspecified atom stereocenters. The summed E-state index contributed by atoms with van der Waals surface area (Å²) < 4.78 is 35.3. The highest BCUT2D eigenvalue weighted by Gasteiger charge is 2.50. The smallest absolute Gasteiger partial charge is 0.443 e. The van der Waals surface area contributed by atoms with E-state index in [2.05, 4.69) is 126 Å². The molecule has 5 aliphatic rings. The molecule has 3 saturated heterocycles. The number of imide groups is 1. The normalized spacial score (nSPS) is 17.7. The van der Waals surface area contributed by atoms with Gasteiger partial charge in [0, 0.05) is 84.3 Å². The summed E-state index contributed by atoms with van der Waals surface area (Å²) >= 11 is 6.13. The first-order valence-electron chi connectivity index (χ1n) is 31.0. The topological polar surface area (TPSA) is 192 Å². The quantitative estimate of drug-likeness (QED) is 0.0970. The van der Waals surface area contributed by atoms with Crippen molar-refractivity contribution < 1.29 is 47.4 Å². The standard InChI is InChI=1S/C27H26N4O2.C23H24ClN3O5.C20H30BNO3/c32-27-25-22-7-5-20-16-28-21(15-23(20)26(22)30-24(25)17-29-27)6-4-18-2-1-3-19(14-18)8-9-31-10-12-33-13-11-31;1-22(2,3)31-20(29)26-11-15-17(19(26)28)13-8-7-12-10-25-16(24)9-14(12)18(13)27(15)21(30)32-23(4,5)6;1-19(2)20(3,4)25-21(24-19)10-8-17-6-5-7-18(16-17)9-11-22-12-14-23-15-13-22/h1-7,14-16,28H,8-13,17H2,(H,29,32);7-10H,11H2,1-6H3;5-8,10,16H,9,11-15H2,1-4H3/b6-4+;;10-8+. The second-order valence-electron chi connectivity index (χ2n) is 26.4. The van der Waals surface area contributed by atoms with Gasteiger partial charge in [-0.15, -0.1) is 0 Å². The number of hydrogen-bond donors (Lipinski definition) is 2. The molecule has 4 aromatic heterocycles. The number of carbonyl (C=O) groups excluding carboxylic acids is 4. The van der Waals surface area contributed by atoms with E-state index in [1.54, 1.807) is 65.9 Å². The SMILES string of the molecule is CC(C)(C)OC(=O)N1Cc2c(c3ccc4cnc(Cl)cc4c3n2C(=O)OC(C)(C)C)C1=O.CC1(C)OB(/C=C/c2cccc(CCN3CCOCC3)c2)OC1(C)C.O=C1NCc2nc3c(ccc4c[nH]c(/C=C/c5cccc(CCN6CCOCC6)c5)cc43)c21. The van der Waals surface area contributed by atoms with Crippen molar-refractivity contribution in [3.8, 4) is 0 Å². The van der Waals surface area contributed by atoms with E-state index in [-0.39, 0.29) is 41.5 Å². The zero-order chi connectivity index (χ0) is 63.7. The van der Waals surface area contributed by atoms with Gasteiger partial charge in [0.25, 0.3) is 11.8 Å². The van der Waals surface area contributed by atoms with Crippen LogP contribution in [0.5, 0.6) is 0 Å². The van der Waals surface area contributed by atoms with Gasteiger partial charge in [-0.25, -0.2) is 29.0 Å². The minimum absolute atomic E-state index is 0.0250. The number of morpholine rings is 2. The van der Waals surface area contributed by atoms with Gasteiger partial charge in [-0.1, -0.05) is 103 Å². The fourth-order valence-corrected chi connectivity index (χ4v) is 11.8. The van der Waals surface area contributed by atoms with Crippen LogP contribution in [0.2, 0.25) is 5.15 Å². The first-order chi connectivity index (χ1) is 42.9. The maximum Gasteiger partial charge on any atom is 0.487 e. The molecule has 0 aliphatic carbocycles. The summed E-state index contributed by atoms with van der Waals surface area (Å²) in [6, 6.07) is 28.8. The van der Waals surface area contributed by atoms with Gasteiger partial charge in [0.2, 0.25) is 0 Å². The second kappa shape index (κ2) is 26.2. The summed E-state index contributed by atoms with van der Waals surface area (Å²) in [4.78, 5) is 69.6. The van der Waals surface area contributed by atoms with Crippen molar-refractivity contribution >= 4 is 104 Å². The van der Waals surface area contributed by atoms with Crippen LogP contribution in [0.4, 0.5) is 9.59 Å². The van der Waals surface area contributed by atoms with Gasteiger partial charge >= 0.3 is 19.3 Å². The van der Waals surface area contributed by atoms with E-state index in [4.69, 9.17) is 44.8 Å². The Balaban J connectivity index is 0.000000140. The largest absolute Gasteiger partial charge is 0.487 e. The van der Waals surface area contributed by atoms with Crippen LogP contribution in [0, 0.1) is 0 Å². The lowest BCUT2D eigenvalue weighted by Crippen LogP contribution is -2.41. The van der Waals surface area contributed by atoms with Gasteiger partial charge in [-0.3, -0.25) is 19.4 Å². The minimum atomic E-state index is -0.771. The highest BCUT2D eigenvalue weighted by atomic mass is 35.5. The lowest BCUT2D eigenvalue weighted by Gasteiger charge is -2.32. The fraction of sp³-hybridized carbons (Fsp3) is 0.400. The van der Waals surface area contributed by atoms with Crippen molar-refractivity contribution in [1.82, 2.24) is 39.5 Å². The van der Waals surface area contributed by atoms with E-state index in [9.17, 15) is 19.2 Å². The molecule has 0 radical (unpaired) electrons. The van der Waals surface area contributed by atoms with Crippen molar-refractivity contribution in [2.45, 2.75) is 118 Å². The number of aromatic amines is 1. The number of fused-ring (bicyclic) bond motifs is 10. The van der Waals surface area contributed by atoms with Crippen LogP contribution >= 0.6 is 11.6 Å². The molecular formula is C70H80BClN8O10. The first-order valence-corrected chi connectivity index (χ1v) is 31.4. The van der Waals surface area contributed by atoms with Gasteiger partial charge in [0.15, 0.2) is 0 Å². The van der Waals surface area contributed by atoms with Gasteiger partial charge in [0.05, 0.1) is 84.3 Å². The Morgan fingerprint density at radius 2 is 1.28 bits per heavy atom. The number of aromatic nitrogens is 4. The van der Waals surface area contributed by atoms with Gasteiger partial charge in [0.1, 0.15) is 16.4 Å². The number of ether oxygens (including phenoxy) is 4. The van der Waals surface area contributed by atoms with Crippen LogP contribution in [0.3, 0.4) is 0 Å². The van der Waals surface area contributed by atoms with Crippen LogP contribution in [0.25, 0.3) is 61.6 Å². The maximum atomic E-state index is 13.3. The number of rotatable bonds is 10. The van der Waals surface area contributed by atoms with Crippen molar-refractivity contribution in [2.24, 2.45) is 0 Å². The molecule has 2 N–H and O–H groups in total. The summed E-state index contributed by atoms with van der Waals surface area (Å²) in [5, 5.41) is 8.12. The Hall–Kier alpha value is -7.75. The molecule has 90 heavy (non-hydrogen) atoms. The molecule has 13 rings (SSSR count). The Morgan fingerprint density at radius 1 is 0.689 bits per heavy atom. The van der Waals surface area contributed by atoms with Crippen LogP contribution in [0.15, 0.2) is 103 Å².